The molecule has 0 aromatic heterocycles. The molecule has 6 heteroatoms. The van der Waals surface area contributed by atoms with E-state index in [9.17, 15) is 13.2 Å². The third-order valence-electron chi connectivity index (χ3n) is 1.25. The topological polar surface area (TPSA) is 83.5 Å². The summed E-state index contributed by atoms with van der Waals surface area (Å²) in [4.78, 5) is 10.8. The van der Waals surface area contributed by atoms with E-state index in [2.05, 4.69) is 11.9 Å². The van der Waals surface area contributed by atoms with Crippen LogP contribution in [0.4, 0.5) is 0 Å². The number of amides is 1. The fourth-order valence-corrected chi connectivity index (χ4v) is 1.12. The smallest absolute Gasteiger partial charge is 0.264 e. The van der Waals surface area contributed by atoms with E-state index in [0.29, 0.717) is 5.57 Å². The Bertz CT molecular complexity index is 294. The molecule has 0 saturated heterocycles. The molecule has 0 aliphatic heterocycles. The highest BCUT2D eigenvalue weighted by atomic mass is 32.2. The minimum absolute atomic E-state index is 0.192. The van der Waals surface area contributed by atoms with E-state index in [-0.39, 0.29) is 24.6 Å². The van der Waals surface area contributed by atoms with Crippen LogP contribution in [0.3, 0.4) is 0 Å². The second-order valence-electron chi connectivity index (χ2n) is 2.68. The first-order chi connectivity index (χ1) is 5.83. The number of hydrogen-bond donors (Lipinski definition) is 2. The summed E-state index contributed by atoms with van der Waals surface area (Å²) in [5.41, 5.74) is 0.367. The molecule has 0 rings (SSSR count). The Balaban J connectivity index is 3.59. The van der Waals surface area contributed by atoms with E-state index in [1.54, 1.807) is 6.92 Å². The first kappa shape index (κ1) is 12.1. The number of rotatable bonds is 5. The van der Waals surface area contributed by atoms with Crippen LogP contribution in [-0.2, 0) is 14.9 Å². The zero-order valence-corrected chi connectivity index (χ0v) is 8.23. The Morgan fingerprint density at radius 3 is 2.46 bits per heavy atom. The Kier molecular flexibility index (Phi) is 4.64. The van der Waals surface area contributed by atoms with Gasteiger partial charge in [0.1, 0.15) is 0 Å². The molecule has 13 heavy (non-hydrogen) atoms. The minimum Gasteiger partial charge on any atom is -0.352 e. The van der Waals surface area contributed by atoms with Gasteiger partial charge in [-0.1, -0.05) is 6.58 Å². The molecule has 5 nitrogen and oxygen atoms in total. The molecule has 0 aromatic rings. The molecule has 0 fully saturated rings. The highest BCUT2D eigenvalue weighted by Gasteiger charge is 2.04. The van der Waals surface area contributed by atoms with Gasteiger partial charge in [-0.2, -0.15) is 8.42 Å². The van der Waals surface area contributed by atoms with Gasteiger partial charge in [0.25, 0.3) is 10.1 Å². The van der Waals surface area contributed by atoms with E-state index >= 15 is 0 Å². The summed E-state index contributed by atoms with van der Waals surface area (Å²) in [5, 5.41) is 2.44. The molecule has 0 heterocycles. The maximum absolute atomic E-state index is 10.8. The quantitative estimate of drug-likeness (QED) is 0.376. The van der Waals surface area contributed by atoms with Crippen molar-refractivity contribution in [1.82, 2.24) is 5.32 Å². The van der Waals surface area contributed by atoms with Crippen molar-refractivity contribution in [2.75, 3.05) is 12.3 Å². The van der Waals surface area contributed by atoms with E-state index in [4.69, 9.17) is 4.55 Å². The zero-order chi connectivity index (χ0) is 10.5. The predicted octanol–water partition coefficient (Wildman–Crippen LogP) is -0.0434. The summed E-state index contributed by atoms with van der Waals surface area (Å²) in [7, 11) is -3.92. The second-order valence-corrected chi connectivity index (χ2v) is 4.25. The Morgan fingerprint density at radius 1 is 1.54 bits per heavy atom. The number of carbonyl (C=O) groups is 1. The van der Waals surface area contributed by atoms with Crippen LogP contribution in [0, 0.1) is 0 Å². The van der Waals surface area contributed by atoms with Gasteiger partial charge in [-0.05, 0) is 13.3 Å². The third-order valence-corrected chi connectivity index (χ3v) is 2.06. The molecule has 0 spiro atoms. The highest BCUT2D eigenvalue weighted by molar-refractivity contribution is 7.85. The van der Waals surface area contributed by atoms with Gasteiger partial charge in [0.2, 0.25) is 5.91 Å². The lowest BCUT2D eigenvalue weighted by atomic mass is 10.3. The van der Waals surface area contributed by atoms with Crippen molar-refractivity contribution in [1.29, 1.82) is 0 Å². The van der Waals surface area contributed by atoms with Crippen molar-refractivity contribution < 1.29 is 17.8 Å². The highest BCUT2D eigenvalue weighted by Crippen LogP contribution is 1.89. The van der Waals surface area contributed by atoms with Crippen molar-refractivity contribution in [3.63, 3.8) is 0 Å². The molecule has 0 aliphatic carbocycles. The fraction of sp³-hybridized carbons (Fsp3) is 0.571. The molecule has 2 N–H and O–H groups in total. The van der Waals surface area contributed by atoms with E-state index < -0.39 is 10.1 Å². The summed E-state index contributed by atoms with van der Waals surface area (Å²) in [6.07, 6.45) is 0.192. The number of carbonyl (C=O) groups excluding carboxylic acids is 1. The monoisotopic (exact) mass is 207 g/mol. The summed E-state index contributed by atoms with van der Waals surface area (Å²) in [5.74, 6) is -0.654. The molecule has 0 bridgehead atoms. The van der Waals surface area contributed by atoms with Crippen LogP contribution in [0.5, 0.6) is 0 Å². The van der Waals surface area contributed by atoms with Crippen LogP contribution < -0.4 is 5.32 Å². The molecule has 1 amide bonds. The van der Waals surface area contributed by atoms with Crippen LogP contribution in [-0.4, -0.2) is 31.2 Å². The molecular formula is C7H13NO4S. The van der Waals surface area contributed by atoms with Crippen LogP contribution in [0.15, 0.2) is 12.2 Å². The van der Waals surface area contributed by atoms with Crippen molar-refractivity contribution in [2.24, 2.45) is 0 Å². The van der Waals surface area contributed by atoms with E-state index in [1.165, 1.54) is 0 Å². The Hall–Kier alpha value is -0.880. The van der Waals surface area contributed by atoms with E-state index in [0.717, 1.165) is 0 Å². The Labute approximate surface area is 77.6 Å². The molecule has 0 aromatic carbocycles. The third kappa shape index (κ3) is 7.48. The van der Waals surface area contributed by atoms with Crippen molar-refractivity contribution in [2.45, 2.75) is 13.3 Å². The van der Waals surface area contributed by atoms with Crippen LogP contribution in [0.25, 0.3) is 0 Å². The van der Waals surface area contributed by atoms with Crippen molar-refractivity contribution in [3.8, 4) is 0 Å². The SMILES string of the molecule is C=C(C)C(=O)NCCCS(=O)(=O)O. The predicted molar refractivity (Wildman–Crippen MR) is 48.9 cm³/mol. The van der Waals surface area contributed by atoms with Gasteiger partial charge in [-0.3, -0.25) is 9.35 Å². The lowest BCUT2D eigenvalue weighted by Crippen LogP contribution is -2.26. The first-order valence-electron chi connectivity index (χ1n) is 3.72. The minimum atomic E-state index is -3.92. The summed E-state index contributed by atoms with van der Waals surface area (Å²) >= 11 is 0. The number of nitrogens with one attached hydrogen (secondary N) is 1. The van der Waals surface area contributed by atoms with Gasteiger partial charge in [0, 0.05) is 12.1 Å². The largest absolute Gasteiger partial charge is 0.352 e. The normalized spacial score (nSPS) is 10.9. The average molecular weight is 207 g/mol. The average Bonchev–Trinajstić information content (AvgIpc) is 1.95. The molecular weight excluding hydrogens is 194 g/mol. The first-order valence-corrected chi connectivity index (χ1v) is 5.32. The van der Waals surface area contributed by atoms with Gasteiger partial charge >= 0.3 is 0 Å². The van der Waals surface area contributed by atoms with Crippen LogP contribution in [0.2, 0.25) is 0 Å². The summed E-state index contributed by atoms with van der Waals surface area (Å²) in [6.45, 7) is 5.17. The zero-order valence-electron chi connectivity index (χ0n) is 7.41. The Morgan fingerprint density at radius 2 is 2.08 bits per heavy atom. The molecule has 0 saturated carbocycles. The fourth-order valence-electron chi connectivity index (χ4n) is 0.607. The van der Waals surface area contributed by atoms with Crippen LogP contribution >= 0.6 is 0 Å². The lowest BCUT2D eigenvalue weighted by Gasteiger charge is -2.02. The molecule has 0 unspecified atom stereocenters. The maximum atomic E-state index is 10.8. The summed E-state index contributed by atoms with van der Waals surface area (Å²) < 4.78 is 28.8. The summed E-state index contributed by atoms with van der Waals surface area (Å²) in [6, 6.07) is 0. The lowest BCUT2D eigenvalue weighted by molar-refractivity contribution is -0.117. The van der Waals surface area contributed by atoms with Crippen molar-refractivity contribution in [3.05, 3.63) is 12.2 Å². The van der Waals surface area contributed by atoms with E-state index in [1.807, 2.05) is 0 Å². The molecule has 76 valence electrons. The standard InChI is InChI=1S/C7H13NO4S/c1-6(2)7(9)8-4-3-5-13(10,11)12/h1,3-5H2,2H3,(H,8,9)(H,10,11,12). The number of hydrogen-bond acceptors (Lipinski definition) is 3. The van der Waals surface area contributed by atoms with Gasteiger partial charge < -0.3 is 5.32 Å². The van der Waals surface area contributed by atoms with Crippen LogP contribution in [0.1, 0.15) is 13.3 Å². The van der Waals surface area contributed by atoms with Gasteiger partial charge in [-0.15, -0.1) is 0 Å². The molecule has 0 aliphatic rings. The van der Waals surface area contributed by atoms with Gasteiger partial charge in [0.15, 0.2) is 0 Å². The maximum Gasteiger partial charge on any atom is 0.264 e. The second kappa shape index (κ2) is 4.98. The molecule has 0 radical (unpaired) electrons. The van der Waals surface area contributed by atoms with Gasteiger partial charge in [0.05, 0.1) is 5.75 Å². The van der Waals surface area contributed by atoms with Gasteiger partial charge in [-0.25, -0.2) is 0 Å². The molecule has 0 atom stereocenters. The van der Waals surface area contributed by atoms with Crippen molar-refractivity contribution >= 4 is 16.0 Å².